The van der Waals surface area contributed by atoms with Crippen molar-refractivity contribution in [3.8, 4) is 33.6 Å². The van der Waals surface area contributed by atoms with Gasteiger partial charge in [-0.1, -0.05) is 182 Å². The Balaban J connectivity index is 0.958. The third-order valence-electron chi connectivity index (χ3n) is 16.6. The zero-order valence-electron chi connectivity index (χ0n) is 39.3. The number of para-hydroxylation sites is 4. The molecule has 0 amide bonds. The van der Waals surface area contributed by atoms with E-state index in [1.807, 2.05) is 0 Å². The highest BCUT2D eigenvalue weighted by Crippen LogP contribution is 2.79. The van der Waals surface area contributed by atoms with Gasteiger partial charge >= 0.3 is 0 Å². The molecule has 3 nitrogen and oxygen atoms in total. The van der Waals surface area contributed by atoms with E-state index in [4.69, 9.17) is 0 Å². The van der Waals surface area contributed by atoms with Gasteiger partial charge in [-0.05, 0) is 134 Å². The van der Waals surface area contributed by atoms with Gasteiger partial charge in [0.1, 0.15) is 0 Å². The third-order valence-corrected chi connectivity index (χ3v) is 16.6. The summed E-state index contributed by atoms with van der Waals surface area (Å²) < 4.78 is 4.88. The van der Waals surface area contributed by atoms with Crippen LogP contribution in [0, 0.1) is 0 Å². The van der Waals surface area contributed by atoms with Crippen LogP contribution in [-0.2, 0) is 5.41 Å². The highest BCUT2D eigenvalue weighted by Gasteiger charge is 2.70. The molecule has 336 valence electrons. The topological polar surface area (TPSA) is 13.1 Å². The number of fused-ring (bicyclic) bond motifs is 13. The Kier molecular flexibility index (Phi) is 8.21. The first-order valence-electron chi connectivity index (χ1n) is 25.3. The predicted molar refractivity (Wildman–Crippen MR) is 298 cm³/mol. The van der Waals surface area contributed by atoms with Crippen molar-refractivity contribution in [3.63, 3.8) is 0 Å². The van der Waals surface area contributed by atoms with E-state index in [1.165, 1.54) is 111 Å². The lowest BCUT2D eigenvalue weighted by molar-refractivity contribution is 0.333. The van der Waals surface area contributed by atoms with E-state index in [2.05, 4.69) is 275 Å². The van der Waals surface area contributed by atoms with Crippen LogP contribution < -0.4 is 4.90 Å². The van der Waals surface area contributed by atoms with E-state index in [0.29, 0.717) is 0 Å². The molecule has 3 unspecified atom stereocenters. The van der Waals surface area contributed by atoms with E-state index >= 15 is 0 Å². The molecule has 1 spiro atoms. The van der Waals surface area contributed by atoms with Crippen molar-refractivity contribution in [1.82, 2.24) is 9.13 Å². The summed E-state index contributed by atoms with van der Waals surface area (Å²) in [5, 5.41) is 4.99. The smallest absolute Gasteiger partial charge is 0.0562 e. The minimum absolute atomic E-state index is 0.149. The van der Waals surface area contributed by atoms with Gasteiger partial charge in [0.25, 0.3) is 0 Å². The molecule has 3 heteroatoms. The van der Waals surface area contributed by atoms with Crippen molar-refractivity contribution in [2.24, 2.45) is 0 Å². The summed E-state index contributed by atoms with van der Waals surface area (Å²) in [5.74, 6) is 0.381. The molecule has 72 heavy (non-hydrogen) atoms. The Bertz CT molecular complexity index is 4340. The molecule has 2 heterocycles. The fourth-order valence-electron chi connectivity index (χ4n) is 13.9. The molecule has 0 bridgehead atoms. The molecule has 16 rings (SSSR count). The number of rotatable bonds is 7. The lowest BCUT2D eigenvalue weighted by atomic mass is 9.43. The maximum atomic E-state index is 2.59. The van der Waals surface area contributed by atoms with E-state index < -0.39 is 0 Å². The first-order chi connectivity index (χ1) is 35.8. The molecular formula is C69H45N3. The molecule has 0 radical (unpaired) electrons. The van der Waals surface area contributed by atoms with Gasteiger partial charge in [-0.15, -0.1) is 0 Å². The number of hydrogen-bond acceptors (Lipinski definition) is 1. The third kappa shape index (κ3) is 5.19. The van der Waals surface area contributed by atoms with E-state index in [9.17, 15) is 0 Å². The largest absolute Gasteiger partial charge is 0.309 e. The second-order valence-corrected chi connectivity index (χ2v) is 19.9. The normalized spacial score (nSPS) is 16.9. The molecule has 11 aromatic carbocycles. The highest BCUT2D eigenvalue weighted by atomic mass is 15.2. The summed E-state index contributed by atoms with van der Waals surface area (Å²) in [4.78, 5) is 2.59. The summed E-state index contributed by atoms with van der Waals surface area (Å²) >= 11 is 0. The van der Waals surface area contributed by atoms with Gasteiger partial charge in [0.2, 0.25) is 0 Å². The van der Waals surface area contributed by atoms with Crippen LogP contribution in [0.15, 0.2) is 261 Å². The van der Waals surface area contributed by atoms with E-state index in [-0.39, 0.29) is 17.3 Å². The van der Waals surface area contributed by atoms with Crippen molar-refractivity contribution >= 4 is 60.7 Å². The molecule has 13 aromatic rings. The summed E-state index contributed by atoms with van der Waals surface area (Å²) in [7, 11) is 0. The summed E-state index contributed by atoms with van der Waals surface area (Å²) in [6.45, 7) is 0. The van der Waals surface area contributed by atoms with Crippen LogP contribution in [0.5, 0.6) is 0 Å². The van der Waals surface area contributed by atoms with Crippen LogP contribution in [-0.4, -0.2) is 9.13 Å². The SMILES string of the molecule is c1ccc(-c2ccc(-n3c4ccccc4c4cc(-c5ccc(N(c6ccccc6)c6cccc7c6c6ccccc6n7-c6ccccc6)c6c5C5c7ccccc7C57c5ccccc5C67)ccc43)cc2)cc1. The van der Waals surface area contributed by atoms with Crippen LogP contribution in [0.2, 0.25) is 0 Å². The molecule has 0 saturated carbocycles. The van der Waals surface area contributed by atoms with Gasteiger partial charge in [0, 0.05) is 55.9 Å². The average Bonchev–Trinajstić information content (AvgIpc) is 4.05. The lowest BCUT2D eigenvalue weighted by Crippen LogP contribution is -2.52. The van der Waals surface area contributed by atoms with Gasteiger partial charge in [-0.3, -0.25) is 0 Å². The number of nitrogens with zero attached hydrogens (tertiary/aromatic N) is 3. The Morgan fingerprint density at radius 1 is 0.333 bits per heavy atom. The zero-order chi connectivity index (χ0) is 47.1. The molecular weight excluding hydrogens is 871 g/mol. The fraction of sp³-hybridized carbons (Fsp3) is 0.0435. The predicted octanol–water partition coefficient (Wildman–Crippen LogP) is 17.6. The van der Waals surface area contributed by atoms with E-state index in [0.717, 1.165) is 17.1 Å². The maximum Gasteiger partial charge on any atom is 0.0562 e. The van der Waals surface area contributed by atoms with Crippen LogP contribution in [0.1, 0.15) is 45.2 Å². The van der Waals surface area contributed by atoms with Crippen molar-refractivity contribution in [2.45, 2.75) is 17.3 Å². The monoisotopic (exact) mass is 915 g/mol. The number of hydrogen-bond donors (Lipinski definition) is 0. The van der Waals surface area contributed by atoms with Crippen LogP contribution in [0.25, 0.3) is 77.2 Å². The van der Waals surface area contributed by atoms with Gasteiger partial charge in [-0.2, -0.15) is 0 Å². The molecule has 0 aliphatic heterocycles. The Hall–Kier alpha value is -9.18. The van der Waals surface area contributed by atoms with Crippen molar-refractivity contribution in [2.75, 3.05) is 4.90 Å². The standard InChI is InChI=1S/C69H45N3/c1-4-19-44(20-5-1)45-35-38-49(39-36-45)70-58-31-16-12-25-51(58)55-43-46(37-41-60(55)70)50-40-42-63(66-65(50)67-52-26-10-14-29-56(52)69(67)57-30-15-11-27-53(57)68(66)69)72(48-23-8-3-9-24-48)62-34-18-33-61-64(62)54-28-13-17-32-59(54)71(61)47-21-6-2-7-22-47/h1-43,67-68H. The van der Waals surface area contributed by atoms with Crippen LogP contribution in [0.3, 0.4) is 0 Å². The fourth-order valence-corrected chi connectivity index (χ4v) is 13.9. The quantitative estimate of drug-likeness (QED) is 0.155. The van der Waals surface area contributed by atoms with Crippen molar-refractivity contribution in [1.29, 1.82) is 0 Å². The molecule has 0 N–H and O–H groups in total. The first kappa shape index (κ1) is 39.6. The zero-order valence-corrected chi connectivity index (χ0v) is 39.3. The molecule has 3 atom stereocenters. The van der Waals surface area contributed by atoms with Gasteiger partial charge in [0.05, 0.1) is 33.4 Å². The first-order valence-corrected chi connectivity index (χ1v) is 25.3. The Labute approximate surface area is 417 Å². The number of benzene rings is 11. The minimum Gasteiger partial charge on any atom is -0.309 e. The van der Waals surface area contributed by atoms with Crippen LogP contribution in [0.4, 0.5) is 17.1 Å². The second-order valence-electron chi connectivity index (χ2n) is 19.9. The Morgan fingerprint density at radius 3 is 1.60 bits per heavy atom. The minimum atomic E-state index is -0.149. The number of anilines is 3. The second kappa shape index (κ2) is 14.9. The maximum absolute atomic E-state index is 2.59. The average molecular weight is 916 g/mol. The summed E-state index contributed by atoms with van der Waals surface area (Å²) in [6.07, 6.45) is 0. The van der Waals surface area contributed by atoms with Crippen molar-refractivity contribution in [3.05, 3.63) is 294 Å². The summed E-state index contributed by atoms with van der Waals surface area (Å²) in [6, 6.07) is 97.2. The molecule has 0 fully saturated rings. The lowest BCUT2D eigenvalue weighted by Gasteiger charge is -2.58. The summed E-state index contributed by atoms with van der Waals surface area (Å²) in [5.41, 5.74) is 24.2. The van der Waals surface area contributed by atoms with Gasteiger partial charge in [-0.25, -0.2) is 0 Å². The Morgan fingerprint density at radius 2 is 0.861 bits per heavy atom. The van der Waals surface area contributed by atoms with Crippen LogP contribution >= 0.6 is 0 Å². The molecule has 2 aromatic heterocycles. The highest BCUT2D eigenvalue weighted by molar-refractivity contribution is 6.17. The van der Waals surface area contributed by atoms with Crippen molar-refractivity contribution < 1.29 is 0 Å². The number of aromatic nitrogens is 2. The molecule has 3 aliphatic carbocycles. The van der Waals surface area contributed by atoms with E-state index in [1.54, 1.807) is 0 Å². The van der Waals surface area contributed by atoms with Gasteiger partial charge in [0.15, 0.2) is 0 Å². The van der Waals surface area contributed by atoms with Gasteiger partial charge < -0.3 is 14.0 Å². The molecule has 0 saturated heterocycles. The molecule has 3 aliphatic rings.